The van der Waals surface area contributed by atoms with Crippen molar-refractivity contribution in [2.75, 3.05) is 18.4 Å². The molecule has 2 rings (SSSR count). The summed E-state index contributed by atoms with van der Waals surface area (Å²) >= 11 is 0. The second-order valence-electron chi connectivity index (χ2n) is 4.58. The number of anilines is 1. The van der Waals surface area contributed by atoms with Crippen molar-refractivity contribution in [3.63, 3.8) is 0 Å². The van der Waals surface area contributed by atoms with Crippen LogP contribution in [0.2, 0.25) is 0 Å². The van der Waals surface area contributed by atoms with Gasteiger partial charge in [-0.25, -0.2) is 4.39 Å². The average Bonchev–Trinajstić information content (AvgIpc) is 2.60. The van der Waals surface area contributed by atoms with Crippen LogP contribution < -0.4 is 16.4 Å². The largest absolute Gasteiger partial charge is 0.380 e. The molecule has 5 heteroatoms. The van der Waals surface area contributed by atoms with Crippen LogP contribution in [0, 0.1) is 5.82 Å². The lowest BCUT2D eigenvalue weighted by Crippen LogP contribution is -2.22. The van der Waals surface area contributed by atoms with Crippen molar-refractivity contribution in [1.29, 1.82) is 0 Å². The van der Waals surface area contributed by atoms with Gasteiger partial charge in [-0.2, -0.15) is 0 Å². The Morgan fingerprint density at radius 3 is 3.00 bits per heavy atom. The lowest BCUT2D eigenvalue weighted by molar-refractivity contribution is 0.100. The number of benzene rings is 1. The summed E-state index contributed by atoms with van der Waals surface area (Å²) in [7, 11) is 0. The van der Waals surface area contributed by atoms with Crippen molar-refractivity contribution in [2.45, 2.75) is 25.3 Å². The highest BCUT2D eigenvalue weighted by atomic mass is 19.1. The Morgan fingerprint density at radius 2 is 2.22 bits per heavy atom. The lowest BCUT2D eigenvalue weighted by atomic mass is 10.1. The number of nitrogens with two attached hydrogens (primary N) is 1. The molecule has 0 saturated carbocycles. The van der Waals surface area contributed by atoms with Crippen molar-refractivity contribution in [2.24, 2.45) is 5.73 Å². The number of rotatable bonds is 3. The summed E-state index contributed by atoms with van der Waals surface area (Å²) in [5.74, 6) is -0.891. The van der Waals surface area contributed by atoms with Crippen LogP contribution in [0.3, 0.4) is 0 Å². The summed E-state index contributed by atoms with van der Waals surface area (Å²) in [6, 6.07) is 4.39. The van der Waals surface area contributed by atoms with E-state index in [1.165, 1.54) is 18.2 Å². The highest BCUT2D eigenvalue weighted by Gasteiger charge is 2.14. The monoisotopic (exact) mass is 251 g/mol. The molecule has 0 aliphatic carbocycles. The van der Waals surface area contributed by atoms with Crippen LogP contribution in [-0.2, 0) is 0 Å². The van der Waals surface area contributed by atoms with Crippen LogP contribution in [0.5, 0.6) is 0 Å². The van der Waals surface area contributed by atoms with Crippen molar-refractivity contribution < 1.29 is 9.18 Å². The van der Waals surface area contributed by atoms with Gasteiger partial charge in [0.15, 0.2) is 0 Å². The number of halogens is 1. The molecule has 1 amide bonds. The number of amides is 1. The van der Waals surface area contributed by atoms with E-state index in [-0.39, 0.29) is 11.9 Å². The quantitative estimate of drug-likeness (QED) is 0.762. The number of nitrogens with one attached hydrogen (secondary N) is 2. The fourth-order valence-electron chi connectivity index (χ4n) is 2.17. The summed E-state index contributed by atoms with van der Waals surface area (Å²) in [5.41, 5.74) is 5.88. The van der Waals surface area contributed by atoms with Gasteiger partial charge >= 0.3 is 0 Å². The van der Waals surface area contributed by atoms with E-state index < -0.39 is 5.91 Å². The topological polar surface area (TPSA) is 67.2 Å². The molecule has 0 aromatic heterocycles. The van der Waals surface area contributed by atoms with Crippen molar-refractivity contribution in [3.05, 3.63) is 29.6 Å². The van der Waals surface area contributed by atoms with Gasteiger partial charge in [0.25, 0.3) is 0 Å². The van der Waals surface area contributed by atoms with Gasteiger partial charge in [-0.1, -0.05) is 0 Å². The molecule has 0 spiro atoms. The van der Waals surface area contributed by atoms with Crippen LogP contribution in [0.25, 0.3) is 0 Å². The van der Waals surface area contributed by atoms with Gasteiger partial charge < -0.3 is 16.4 Å². The highest BCUT2D eigenvalue weighted by Crippen LogP contribution is 2.19. The van der Waals surface area contributed by atoms with Crippen LogP contribution in [0.1, 0.15) is 29.6 Å². The van der Waals surface area contributed by atoms with Crippen molar-refractivity contribution in [3.8, 4) is 0 Å². The molecule has 1 aliphatic rings. The van der Waals surface area contributed by atoms with E-state index in [2.05, 4.69) is 10.6 Å². The molecule has 1 aliphatic heterocycles. The zero-order chi connectivity index (χ0) is 13.0. The fraction of sp³-hybridized carbons (Fsp3) is 0.462. The van der Waals surface area contributed by atoms with Gasteiger partial charge in [0.05, 0.1) is 5.69 Å². The summed E-state index contributed by atoms with van der Waals surface area (Å²) in [6.45, 7) is 1.93. The Labute approximate surface area is 106 Å². The first kappa shape index (κ1) is 12.8. The maximum atomic E-state index is 13.7. The molecule has 1 fully saturated rings. The van der Waals surface area contributed by atoms with Gasteiger partial charge in [0.2, 0.25) is 5.91 Å². The lowest BCUT2D eigenvalue weighted by Gasteiger charge is -2.18. The molecular weight excluding hydrogens is 233 g/mol. The van der Waals surface area contributed by atoms with E-state index in [1.807, 2.05) is 0 Å². The number of carbonyl (C=O) groups is 1. The Balaban J connectivity index is 2.11. The first-order valence-electron chi connectivity index (χ1n) is 6.23. The van der Waals surface area contributed by atoms with Crippen molar-refractivity contribution in [1.82, 2.24) is 5.32 Å². The predicted octanol–water partition coefficient (Wildman–Crippen LogP) is 1.48. The molecule has 1 unspecified atom stereocenters. The Kier molecular flexibility index (Phi) is 4.15. The maximum Gasteiger partial charge on any atom is 0.248 e. The summed E-state index contributed by atoms with van der Waals surface area (Å²) in [4.78, 5) is 11.1. The Hall–Kier alpha value is -1.62. The van der Waals surface area contributed by atoms with Crippen LogP contribution in [0.15, 0.2) is 18.2 Å². The molecule has 0 radical (unpaired) electrons. The molecule has 0 bridgehead atoms. The number of carbonyl (C=O) groups excluding carboxylic acids is 1. The summed E-state index contributed by atoms with van der Waals surface area (Å²) in [6.07, 6.45) is 3.00. The van der Waals surface area contributed by atoms with Crippen LogP contribution >= 0.6 is 0 Å². The summed E-state index contributed by atoms with van der Waals surface area (Å²) in [5, 5.41) is 6.46. The second-order valence-corrected chi connectivity index (χ2v) is 4.58. The minimum Gasteiger partial charge on any atom is -0.380 e. The Bertz CT molecular complexity index is 428. The van der Waals surface area contributed by atoms with Crippen molar-refractivity contribution >= 4 is 11.6 Å². The average molecular weight is 251 g/mol. The third kappa shape index (κ3) is 3.20. The molecule has 4 nitrogen and oxygen atoms in total. The van der Waals surface area contributed by atoms with Gasteiger partial charge in [-0.3, -0.25) is 4.79 Å². The van der Waals surface area contributed by atoms with E-state index in [9.17, 15) is 9.18 Å². The first-order chi connectivity index (χ1) is 8.66. The summed E-state index contributed by atoms with van der Waals surface area (Å²) < 4.78 is 13.7. The minimum atomic E-state index is -0.541. The van der Waals surface area contributed by atoms with Gasteiger partial charge in [-0.15, -0.1) is 0 Å². The standard InChI is InChI=1S/C13H18FN3O/c14-11-4-3-9(13(15)18)8-12(11)17-10-2-1-6-16-7-5-10/h3-4,8,10,16-17H,1-2,5-7H2,(H2,15,18). The van der Waals surface area contributed by atoms with Gasteiger partial charge in [0, 0.05) is 11.6 Å². The van der Waals surface area contributed by atoms with Crippen LogP contribution in [-0.4, -0.2) is 25.0 Å². The molecule has 1 aromatic rings. The maximum absolute atomic E-state index is 13.7. The molecule has 4 N–H and O–H groups in total. The second kappa shape index (κ2) is 5.82. The SMILES string of the molecule is NC(=O)c1ccc(F)c(NC2CCCNCC2)c1. The molecule has 1 aromatic carbocycles. The number of hydrogen-bond acceptors (Lipinski definition) is 3. The third-order valence-corrected chi connectivity index (χ3v) is 3.19. The first-order valence-corrected chi connectivity index (χ1v) is 6.23. The van der Waals surface area contributed by atoms with E-state index in [0.717, 1.165) is 32.4 Å². The van der Waals surface area contributed by atoms with E-state index in [1.54, 1.807) is 0 Å². The predicted molar refractivity (Wildman–Crippen MR) is 69.0 cm³/mol. The smallest absolute Gasteiger partial charge is 0.248 e. The van der Waals surface area contributed by atoms with Gasteiger partial charge in [0.1, 0.15) is 5.82 Å². The normalized spacial score (nSPS) is 20.2. The molecule has 1 heterocycles. The van der Waals surface area contributed by atoms with E-state index >= 15 is 0 Å². The van der Waals surface area contributed by atoms with E-state index in [4.69, 9.17) is 5.73 Å². The van der Waals surface area contributed by atoms with E-state index in [0.29, 0.717) is 11.3 Å². The minimum absolute atomic E-state index is 0.234. The Morgan fingerprint density at radius 1 is 1.39 bits per heavy atom. The number of hydrogen-bond donors (Lipinski definition) is 3. The molecule has 98 valence electrons. The van der Waals surface area contributed by atoms with Gasteiger partial charge in [-0.05, 0) is 50.6 Å². The molecular formula is C13H18FN3O. The zero-order valence-corrected chi connectivity index (χ0v) is 10.2. The van der Waals surface area contributed by atoms with Crippen LogP contribution in [0.4, 0.5) is 10.1 Å². The zero-order valence-electron chi connectivity index (χ0n) is 10.2. The molecule has 18 heavy (non-hydrogen) atoms. The molecule has 1 atom stereocenters. The fourth-order valence-corrected chi connectivity index (χ4v) is 2.17. The molecule has 1 saturated heterocycles. The number of primary amides is 1. The third-order valence-electron chi connectivity index (χ3n) is 3.19. The highest BCUT2D eigenvalue weighted by molar-refractivity contribution is 5.93.